The number of hydrogen-bond acceptors (Lipinski definition) is 7. The van der Waals surface area contributed by atoms with Crippen LogP contribution in [0.25, 0.3) is 5.65 Å². The van der Waals surface area contributed by atoms with Gasteiger partial charge in [0.2, 0.25) is 11.5 Å². The molecule has 23 heavy (non-hydrogen) atoms. The summed E-state index contributed by atoms with van der Waals surface area (Å²) in [6, 6.07) is 2.19. The van der Waals surface area contributed by atoms with Gasteiger partial charge in [0, 0.05) is 11.8 Å². The van der Waals surface area contributed by atoms with Crippen molar-refractivity contribution in [2.75, 3.05) is 5.32 Å². The van der Waals surface area contributed by atoms with Gasteiger partial charge >= 0.3 is 5.69 Å². The standard InChI is InChI=1S/C13H11FN6O3/c1-7(9-4-8(14)5-15-13(9)21)17-11-2-3-19-12(18-11)10(6-16-19)20(22)23/h2-7H,1H3,(H,15,21)(H,17,18). The average Bonchev–Trinajstić information content (AvgIpc) is 2.93. The number of pyridine rings is 1. The number of halogens is 1. The van der Waals surface area contributed by atoms with E-state index in [0.29, 0.717) is 5.82 Å². The molecule has 0 fully saturated rings. The summed E-state index contributed by atoms with van der Waals surface area (Å²) in [5.41, 5.74) is 0.0973. The first-order valence-electron chi connectivity index (χ1n) is 6.55. The van der Waals surface area contributed by atoms with Crippen molar-refractivity contribution in [2.45, 2.75) is 13.0 Å². The Morgan fingerprint density at radius 1 is 1.48 bits per heavy atom. The molecule has 0 saturated carbocycles. The zero-order chi connectivity index (χ0) is 16.6. The number of hydrogen-bond donors (Lipinski definition) is 2. The van der Waals surface area contributed by atoms with E-state index in [1.807, 2.05) is 0 Å². The minimum Gasteiger partial charge on any atom is -0.493 e. The number of rotatable bonds is 4. The van der Waals surface area contributed by atoms with Gasteiger partial charge in [-0.05, 0) is 19.1 Å². The van der Waals surface area contributed by atoms with E-state index in [0.717, 1.165) is 18.5 Å². The van der Waals surface area contributed by atoms with Crippen LogP contribution in [0.5, 0.6) is 5.88 Å². The van der Waals surface area contributed by atoms with Gasteiger partial charge in [0.15, 0.2) is 0 Å². The summed E-state index contributed by atoms with van der Waals surface area (Å²) in [5, 5.41) is 27.4. The van der Waals surface area contributed by atoms with Gasteiger partial charge in [-0.25, -0.2) is 18.9 Å². The van der Waals surface area contributed by atoms with E-state index in [2.05, 4.69) is 20.4 Å². The van der Waals surface area contributed by atoms with Crippen molar-refractivity contribution in [1.82, 2.24) is 19.6 Å². The summed E-state index contributed by atoms with van der Waals surface area (Å²) < 4.78 is 14.5. The van der Waals surface area contributed by atoms with E-state index < -0.39 is 16.8 Å². The highest BCUT2D eigenvalue weighted by Gasteiger charge is 2.18. The highest BCUT2D eigenvalue weighted by molar-refractivity contribution is 5.60. The molecule has 3 heterocycles. The van der Waals surface area contributed by atoms with Crippen LogP contribution < -0.4 is 5.32 Å². The number of aromatic hydroxyl groups is 1. The van der Waals surface area contributed by atoms with Crippen molar-refractivity contribution in [1.29, 1.82) is 0 Å². The molecule has 10 heteroatoms. The fourth-order valence-corrected chi connectivity index (χ4v) is 2.13. The van der Waals surface area contributed by atoms with Crippen molar-refractivity contribution >= 4 is 17.2 Å². The maximum Gasteiger partial charge on any atom is 0.333 e. The lowest BCUT2D eigenvalue weighted by Gasteiger charge is -2.15. The second kappa shape index (κ2) is 5.48. The summed E-state index contributed by atoms with van der Waals surface area (Å²) >= 11 is 0. The van der Waals surface area contributed by atoms with Crippen molar-refractivity contribution in [3.63, 3.8) is 0 Å². The molecule has 1 atom stereocenters. The van der Waals surface area contributed by atoms with E-state index in [4.69, 9.17) is 0 Å². The molecule has 0 aliphatic heterocycles. The monoisotopic (exact) mass is 318 g/mol. The molecular weight excluding hydrogens is 307 g/mol. The molecule has 1 unspecified atom stereocenters. The van der Waals surface area contributed by atoms with Gasteiger partial charge in [0.05, 0.1) is 17.2 Å². The second-order valence-electron chi connectivity index (χ2n) is 4.80. The van der Waals surface area contributed by atoms with Crippen LogP contribution >= 0.6 is 0 Å². The largest absolute Gasteiger partial charge is 0.493 e. The van der Waals surface area contributed by atoms with Crippen molar-refractivity contribution in [3.05, 3.63) is 52.2 Å². The molecule has 118 valence electrons. The van der Waals surface area contributed by atoms with E-state index in [-0.39, 0.29) is 22.8 Å². The SMILES string of the molecule is CC(Nc1ccn2ncc([N+](=O)[O-])c2n1)c1cc(F)cnc1O. The Labute approximate surface area is 128 Å². The molecule has 2 N–H and O–H groups in total. The fourth-order valence-electron chi connectivity index (χ4n) is 2.13. The highest BCUT2D eigenvalue weighted by Crippen LogP contribution is 2.26. The quantitative estimate of drug-likeness (QED) is 0.558. The predicted octanol–water partition coefficient (Wildman–Crippen LogP) is 2.05. The zero-order valence-electron chi connectivity index (χ0n) is 11.8. The van der Waals surface area contributed by atoms with Gasteiger partial charge in [0.1, 0.15) is 17.8 Å². The lowest BCUT2D eigenvalue weighted by atomic mass is 10.1. The molecule has 3 aromatic heterocycles. The number of aromatic nitrogens is 4. The van der Waals surface area contributed by atoms with Gasteiger partial charge < -0.3 is 10.4 Å². The Bertz CT molecular complexity index is 897. The molecule has 0 bridgehead atoms. The van der Waals surface area contributed by atoms with Crippen LogP contribution in [0.3, 0.4) is 0 Å². The summed E-state index contributed by atoms with van der Waals surface area (Å²) in [6.07, 6.45) is 3.53. The number of anilines is 1. The third kappa shape index (κ3) is 2.73. The van der Waals surface area contributed by atoms with Crippen molar-refractivity contribution in [3.8, 4) is 5.88 Å². The van der Waals surface area contributed by atoms with E-state index in [1.165, 1.54) is 10.7 Å². The van der Waals surface area contributed by atoms with Crippen LogP contribution in [-0.4, -0.2) is 29.6 Å². The van der Waals surface area contributed by atoms with Crippen molar-refractivity contribution in [2.24, 2.45) is 0 Å². The summed E-state index contributed by atoms with van der Waals surface area (Å²) in [6.45, 7) is 1.67. The van der Waals surface area contributed by atoms with Gasteiger partial charge in [-0.2, -0.15) is 5.10 Å². The second-order valence-corrected chi connectivity index (χ2v) is 4.80. The van der Waals surface area contributed by atoms with Crippen LogP contribution in [0.15, 0.2) is 30.7 Å². The summed E-state index contributed by atoms with van der Waals surface area (Å²) in [4.78, 5) is 18.0. The lowest BCUT2D eigenvalue weighted by Crippen LogP contribution is -2.10. The van der Waals surface area contributed by atoms with Gasteiger partial charge in [-0.15, -0.1) is 0 Å². The Morgan fingerprint density at radius 3 is 3.00 bits per heavy atom. The molecule has 0 aliphatic rings. The first-order valence-corrected chi connectivity index (χ1v) is 6.55. The van der Waals surface area contributed by atoms with Crippen LogP contribution in [0.1, 0.15) is 18.5 Å². The smallest absolute Gasteiger partial charge is 0.333 e. The fraction of sp³-hybridized carbons (Fsp3) is 0.154. The van der Waals surface area contributed by atoms with Crippen LogP contribution in [0.4, 0.5) is 15.9 Å². The topological polar surface area (TPSA) is 118 Å². The first kappa shape index (κ1) is 14.6. The van der Waals surface area contributed by atoms with E-state index in [1.54, 1.807) is 13.0 Å². The Balaban J connectivity index is 1.93. The predicted molar refractivity (Wildman–Crippen MR) is 77.5 cm³/mol. The number of nitrogens with one attached hydrogen (secondary N) is 1. The number of nitro groups is 1. The van der Waals surface area contributed by atoms with E-state index in [9.17, 15) is 19.6 Å². The third-order valence-corrected chi connectivity index (χ3v) is 3.24. The minimum atomic E-state index is -0.582. The van der Waals surface area contributed by atoms with Gasteiger partial charge in [-0.1, -0.05) is 0 Å². The molecular formula is C13H11FN6O3. The molecule has 0 aliphatic carbocycles. The minimum absolute atomic E-state index is 0.0776. The van der Waals surface area contributed by atoms with Crippen LogP contribution in [-0.2, 0) is 0 Å². The molecule has 3 rings (SSSR count). The number of fused-ring (bicyclic) bond motifs is 1. The molecule has 3 aromatic rings. The molecule has 0 spiro atoms. The maximum absolute atomic E-state index is 13.3. The molecule has 9 nitrogen and oxygen atoms in total. The lowest BCUT2D eigenvalue weighted by molar-refractivity contribution is -0.383. The van der Waals surface area contributed by atoms with Crippen molar-refractivity contribution < 1.29 is 14.4 Å². The number of nitrogens with zero attached hydrogens (tertiary/aromatic N) is 5. The third-order valence-electron chi connectivity index (χ3n) is 3.24. The Kier molecular flexibility index (Phi) is 3.48. The zero-order valence-corrected chi connectivity index (χ0v) is 11.8. The molecule has 0 aromatic carbocycles. The van der Waals surface area contributed by atoms with Crippen LogP contribution in [0, 0.1) is 15.9 Å². The summed E-state index contributed by atoms with van der Waals surface area (Å²) in [7, 11) is 0. The van der Waals surface area contributed by atoms with Gasteiger partial charge in [-0.3, -0.25) is 10.1 Å². The normalized spacial score (nSPS) is 12.3. The van der Waals surface area contributed by atoms with Gasteiger partial charge in [0.25, 0.3) is 0 Å². The Morgan fingerprint density at radius 2 is 2.26 bits per heavy atom. The average molecular weight is 318 g/mol. The maximum atomic E-state index is 13.3. The molecule has 0 amide bonds. The van der Waals surface area contributed by atoms with E-state index >= 15 is 0 Å². The molecule has 0 saturated heterocycles. The molecule has 0 radical (unpaired) electrons. The van der Waals surface area contributed by atoms with Crippen LogP contribution in [0.2, 0.25) is 0 Å². The Hall–Kier alpha value is -3.30. The highest BCUT2D eigenvalue weighted by atomic mass is 19.1. The first-order chi connectivity index (χ1) is 11.0. The summed E-state index contributed by atoms with van der Waals surface area (Å²) in [5.74, 6) is -0.568.